The zero-order chi connectivity index (χ0) is 29.1. The van der Waals surface area contributed by atoms with E-state index in [1.54, 1.807) is 4.90 Å². The van der Waals surface area contributed by atoms with Gasteiger partial charge in [-0.2, -0.15) is 9.97 Å². The van der Waals surface area contributed by atoms with Crippen molar-refractivity contribution in [3.63, 3.8) is 0 Å². The number of anilines is 1. The van der Waals surface area contributed by atoms with Gasteiger partial charge < -0.3 is 19.5 Å². The van der Waals surface area contributed by atoms with Crippen molar-refractivity contribution < 1.29 is 28.6 Å². The first-order valence-corrected chi connectivity index (χ1v) is 14.1. The Morgan fingerprint density at radius 2 is 1.88 bits per heavy atom. The number of nitrogens with zero attached hydrogens (tertiary/aromatic N) is 5. The Hall–Kier alpha value is -3.73. The van der Waals surface area contributed by atoms with Crippen LogP contribution in [0.2, 0.25) is 5.02 Å². The van der Waals surface area contributed by atoms with Crippen LogP contribution in [0.3, 0.4) is 0 Å². The second-order valence-electron chi connectivity index (χ2n) is 11.8. The SMILES string of the molecule is CC(C)(C)OC(=O)N1C2CCC1CN(c1nc(OCC=O)nc3c(F)c(-c4cc(O)cc(Cl)c4C4CC4)ncc13)C2. The molecule has 1 N–H and O–H groups in total. The third-order valence-corrected chi connectivity index (χ3v) is 7.98. The van der Waals surface area contributed by atoms with Crippen molar-refractivity contribution in [3.8, 4) is 23.0 Å². The van der Waals surface area contributed by atoms with Crippen molar-refractivity contribution in [1.82, 2.24) is 19.9 Å². The number of halogens is 2. The van der Waals surface area contributed by atoms with Crippen molar-refractivity contribution in [2.45, 2.75) is 70.1 Å². The molecular formula is C29H31ClFN5O5. The molecule has 3 aliphatic rings. The molecule has 41 heavy (non-hydrogen) atoms. The van der Waals surface area contributed by atoms with Crippen LogP contribution in [0.25, 0.3) is 22.2 Å². The highest BCUT2D eigenvalue weighted by Gasteiger charge is 2.45. The average Bonchev–Trinajstić information content (AvgIpc) is 3.69. The normalized spacial score (nSPS) is 20.4. The minimum Gasteiger partial charge on any atom is -0.508 e. The summed E-state index contributed by atoms with van der Waals surface area (Å²) < 4.78 is 27.4. The predicted molar refractivity (Wildman–Crippen MR) is 150 cm³/mol. The number of fused-ring (bicyclic) bond motifs is 3. The van der Waals surface area contributed by atoms with Crippen LogP contribution in [0.4, 0.5) is 15.0 Å². The summed E-state index contributed by atoms with van der Waals surface area (Å²) in [6.45, 7) is 6.12. The third kappa shape index (κ3) is 5.23. The van der Waals surface area contributed by atoms with E-state index in [4.69, 9.17) is 21.1 Å². The fourth-order valence-corrected chi connectivity index (χ4v) is 6.27. The van der Waals surface area contributed by atoms with Crippen molar-refractivity contribution in [3.05, 3.63) is 34.7 Å². The van der Waals surface area contributed by atoms with Crippen LogP contribution in [0.15, 0.2) is 18.3 Å². The van der Waals surface area contributed by atoms with Crippen LogP contribution in [-0.4, -0.2) is 74.7 Å². The van der Waals surface area contributed by atoms with E-state index in [1.165, 1.54) is 18.3 Å². The average molecular weight is 584 g/mol. The molecule has 2 atom stereocenters. The van der Waals surface area contributed by atoms with Gasteiger partial charge in [0, 0.05) is 29.9 Å². The number of phenolic OH excluding ortho intramolecular Hbond substituents is 1. The summed E-state index contributed by atoms with van der Waals surface area (Å²) in [6, 6.07) is 2.56. The number of amides is 1. The van der Waals surface area contributed by atoms with Crippen molar-refractivity contribution in [2.24, 2.45) is 0 Å². The van der Waals surface area contributed by atoms with Crippen LogP contribution >= 0.6 is 11.6 Å². The lowest BCUT2D eigenvalue weighted by atomic mass is 9.98. The van der Waals surface area contributed by atoms with Gasteiger partial charge in [0.2, 0.25) is 0 Å². The largest absolute Gasteiger partial charge is 0.508 e. The Kier molecular flexibility index (Phi) is 6.88. The highest BCUT2D eigenvalue weighted by Crippen LogP contribution is 2.49. The zero-order valence-corrected chi connectivity index (χ0v) is 23.8. The molecule has 0 spiro atoms. The Morgan fingerprint density at radius 1 is 1.17 bits per heavy atom. The molecule has 216 valence electrons. The fourth-order valence-electron chi connectivity index (χ4n) is 5.90. The van der Waals surface area contributed by atoms with E-state index in [1.807, 2.05) is 25.7 Å². The summed E-state index contributed by atoms with van der Waals surface area (Å²) in [5.41, 5.74) is 0.539. The first-order chi connectivity index (χ1) is 19.5. The maximum Gasteiger partial charge on any atom is 0.410 e. The molecule has 12 heteroatoms. The summed E-state index contributed by atoms with van der Waals surface area (Å²) in [7, 11) is 0. The molecule has 2 bridgehead atoms. The van der Waals surface area contributed by atoms with E-state index < -0.39 is 11.4 Å². The van der Waals surface area contributed by atoms with Gasteiger partial charge in [0.15, 0.2) is 12.1 Å². The Balaban J connectivity index is 1.41. The fraction of sp³-hybridized carbons (Fsp3) is 0.483. The van der Waals surface area contributed by atoms with Gasteiger partial charge in [0.25, 0.3) is 0 Å². The second kappa shape index (κ2) is 10.3. The van der Waals surface area contributed by atoms with Crippen LogP contribution in [0, 0.1) is 5.82 Å². The Morgan fingerprint density at radius 3 is 2.51 bits per heavy atom. The minimum atomic E-state index is -0.707. The van der Waals surface area contributed by atoms with Gasteiger partial charge in [-0.05, 0) is 70.1 Å². The first-order valence-electron chi connectivity index (χ1n) is 13.8. The van der Waals surface area contributed by atoms with E-state index in [0.29, 0.717) is 41.2 Å². The quantitative estimate of drug-likeness (QED) is 0.389. The van der Waals surface area contributed by atoms with Crippen LogP contribution < -0.4 is 9.64 Å². The molecule has 0 radical (unpaired) electrons. The molecule has 10 nitrogen and oxygen atoms in total. The van der Waals surface area contributed by atoms with E-state index >= 15 is 4.39 Å². The van der Waals surface area contributed by atoms with E-state index in [9.17, 15) is 14.7 Å². The number of carbonyl (C=O) groups excluding carboxylic acids is 2. The zero-order valence-electron chi connectivity index (χ0n) is 23.1. The topological polar surface area (TPSA) is 118 Å². The maximum atomic E-state index is 16.3. The van der Waals surface area contributed by atoms with Gasteiger partial charge in [-0.25, -0.2) is 9.18 Å². The molecule has 4 heterocycles. The number of carbonyl (C=O) groups is 2. The molecular weight excluding hydrogens is 553 g/mol. The van der Waals surface area contributed by atoms with Gasteiger partial charge in [0.1, 0.15) is 35.0 Å². The number of benzene rings is 1. The minimum absolute atomic E-state index is 0.0120. The molecule has 1 aliphatic carbocycles. The first kappa shape index (κ1) is 27.4. The summed E-state index contributed by atoms with van der Waals surface area (Å²) in [5.74, 6) is -0.224. The number of aldehydes is 1. The van der Waals surface area contributed by atoms with Crippen LogP contribution in [-0.2, 0) is 9.53 Å². The summed E-state index contributed by atoms with van der Waals surface area (Å²) in [4.78, 5) is 41.1. The number of piperazine rings is 1. The molecule has 2 unspecified atom stereocenters. The predicted octanol–water partition coefficient (Wildman–Crippen LogP) is 5.23. The molecule has 1 saturated carbocycles. The number of rotatable bonds is 6. The molecule has 3 fully saturated rings. The Bertz CT molecular complexity index is 1530. The van der Waals surface area contributed by atoms with Crippen LogP contribution in [0.1, 0.15) is 57.9 Å². The van der Waals surface area contributed by atoms with Gasteiger partial charge in [0.05, 0.1) is 17.5 Å². The summed E-state index contributed by atoms with van der Waals surface area (Å²) >= 11 is 6.47. The van der Waals surface area contributed by atoms with Crippen molar-refractivity contribution in [1.29, 1.82) is 0 Å². The molecule has 1 amide bonds. The molecule has 6 rings (SSSR count). The van der Waals surface area contributed by atoms with Crippen molar-refractivity contribution in [2.75, 3.05) is 24.6 Å². The lowest BCUT2D eigenvalue weighted by molar-refractivity contribution is -0.109. The number of ether oxygens (including phenoxy) is 2. The number of phenols is 1. The Labute approximate surface area is 241 Å². The highest BCUT2D eigenvalue weighted by atomic mass is 35.5. The smallest absolute Gasteiger partial charge is 0.410 e. The van der Waals surface area contributed by atoms with E-state index in [-0.39, 0.29) is 53.7 Å². The van der Waals surface area contributed by atoms with Gasteiger partial charge in [-0.3, -0.25) is 14.7 Å². The van der Waals surface area contributed by atoms with Crippen molar-refractivity contribution >= 4 is 40.7 Å². The summed E-state index contributed by atoms with van der Waals surface area (Å²) in [5, 5.41) is 11.0. The standard InChI is InChI=1S/C29H31ClFN5O5/c1-29(2,3)41-28(39)36-16-6-7-17(36)14-35(13-16)26-20-12-32-24(23(31)25(20)33-27(34-26)40-9-8-37)19-10-18(38)11-21(30)22(19)15-4-5-15/h8,10-12,15-17,38H,4-7,9,13-14H2,1-3H3. The molecule has 3 aromatic rings. The van der Waals surface area contributed by atoms with Gasteiger partial charge >= 0.3 is 12.1 Å². The molecule has 1 aromatic carbocycles. The lowest BCUT2D eigenvalue weighted by Gasteiger charge is -2.42. The lowest BCUT2D eigenvalue weighted by Crippen LogP contribution is -2.57. The second-order valence-corrected chi connectivity index (χ2v) is 12.2. The maximum absolute atomic E-state index is 16.3. The number of aromatic nitrogens is 3. The molecule has 2 aliphatic heterocycles. The van der Waals surface area contributed by atoms with Crippen LogP contribution in [0.5, 0.6) is 11.8 Å². The number of hydrogen-bond acceptors (Lipinski definition) is 9. The number of aromatic hydroxyl groups is 1. The monoisotopic (exact) mass is 583 g/mol. The number of pyridine rings is 1. The van der Waals surface area contributed by atoms with E-state index in [0.717, 1.165) is 31.2 Å². The number of hydrogen-bond donors (Lipinski definition) is 1. The van der Waals surface area contributed by atoms with E-state index in [2.05, 4.69) is 15.0 Å². The van der Waals surface area contributed by atoms with Gasteiger partial charge in [-0.15, -0.1) is 0 Å². The molecule has 2 saturated heterocycles. The molecule has 2 aromatic heterocycles. The highest BCUT2D eigenvalue weighted by molar-refractivity contribution is 6.32. The van der Waals surface area contributed by atoms with Gasteiger partial charge in [-0.1, -0.05) is 11.6 Å². The summed E-state index contributed by atoms with van der Waals surface area (Å²) in [6.07, 6.45) is 5.18. The third-order valence-electron chi connectivity index (χ3n) is 7.67.